The first-order chi connectivity index (χ1) is 18.9. The zero-order valence-electron chi connectivity index (χ0n) is 21.0. The van der Waals surface area contributed by atoms with E-state index >= 15 is 0 Å². The minimum Gasteiger partial charge on any atom is -0.318 e. The van der Waals surface area contributed by atoms with Gasteiger partial charge in [0.2, 0.25) is 0 Å². The lowest BCUT2D eigenvalue weighted by atomic mass is 9.92. The van der Waals surface area contributed by atoms with E-state index in [-0.39, 0.29) is 5.69 Å². The van der Waals surface area contributed by atoms with Gasteiger partial charge in [0.25, 0.3) is 5.69 Å². The third-order valence-corrected chi connectivity index (χ3v) is 7.32. The number of amidine groups is 1. The van der Waals surface area contributed by atoms with Crippen LogP contribution in [0, 0.1) is 10.1 Å². The zero-order valence-corrected chi connectivity index (χ0v) is 22.5. The molecule has 7 nitrogen and oxygen atoms in total. The van der Waals surface area contributed by atoms with Gasteiger partial charge in [-0.2, -0.15) is 5.10 Å². The fourth-order valence-electron chi connectivity index (χ4n) is 5.05. The van der Waals surface area contributed by atoms with Crippen LogP contribution in [-0.4, -0.2) is 25.4 Å². The van der Waals surface area contributed by atoms with Crippen molar-refractivity contribution >= 4 is 40.5 Å². The van der Waals surface area contributed by atoms with Crippen molar-refractivity contribution in [3.05, 3.63) is 128 Å². The van der Waals surface area contributed by atoms with Gasteiger partial charge >= 0.3 is 0 Å². The Kier molecular flexibility index (Phi) is 6.54. The van der Waals surface area contributed by atoms with Crippen molar-refractivity contribution < 1.29 is 4.92 Å². The van der Waals surface area contributed by atoms with Crippen molar-refractivity contribution in [3.63, 3.8) is 0 Å². The molecule has 0 saturated heterocycles. The molecule has 0 N–H and O–H groups in total. The Labute approximate surface area is 235 Å². The summed E-state index contributed by atoms with van der Waals surface area (Å²) >= 11 is 13.2. The minimum atomic E-state index is -0.438. The maximum atomic E-state index is 11.4. The van der Waals surface area contributed by atoms with Crippen LogP contribution in [0.3, 0.4) is 0 Å². The number of allylic oxidation sites excluding steroid dienone is 2. The highest BCUT2D eigenvalue weighted by atomic mass is 35.5. The van der Waals surface area contributed by atoms with Crippen molar-refractivity contribution in [1.82, 2.24) is 14.7 Å². The molecule has 2 aliphatic rings. The van der Waals surface area contributed by atoms with Gasteiger partial charge in [-0.3, -0.25) is 10.1 Å². The largest absolute Gasteiger partial charge is 0.318 e. The Hall–Kier alpha value is -4.20. The molecule has 0 bridgehead atoms. The number of hydrogen-bond acceptors (Lipinski definition) is 5. The molecule has 0 fully saturated rings. The smallest absolute Gasteiger partial charge is 0.269 e. The molecule has 0 amide bonds. The lowest BCUT2D eigenvalue weighted by Crippen LogP contribution is -2.35. The topological polar surface area (TPSA) is 76.6 Å². The number of nitro benzene ring substituents is 1. The predicted molar refractivity (Wildman–Crippen MR) is 155 cm³/mol. The molecular formula is C30H23Cl2N5O2. The quantitative estimate of drug-likeness (QED) is 0.178. The van der Waals surface area contributed by atoms with Gasteiger partial charge < -0.3 is 4.90 Å². The average molecular weight is 556 g/mol. The molecule has 39 heavy (non-hydrogen) atoms. The standard InChI is InChI=1S/C30H23Cl2N5O2/c1-2-6-19-9-11-20(12-10-19)27-26-28(21-13-15-24(16-14-21)37(38)39)35-18-22(31)17-25(32)29(35)33-30(26)36(34-27)23-7-4-3-5-8-23/h3-5,7-18,28H,2,6H2,1H3/t28-/m0/s1. The maximum absolute atomic E-state index is 11.4. The van der Waals surface area contributed by atoms with E-state index in [9.17, 15) is 10.1 Å². The highest BCUT2D eigenvalue weighted by molar-refractivity contribution is 6.45. The van der Waals surface area contributed by atoms with Crippen LogP contribution in [0.4, 0.5) is 11.5 Å². The average Bonchev–Trinajstić information content (AvgIpc) is 3.32. The number of non-ortho nitro benzene ring substituents is 1. The van der Waals surface area contributed by atoms with E-state index in [4.69, 9.17) is 33.3 Å². The molecule has 3 heterocycles. The monoisotopic (exact) mass is 555 g/mol. The molecule has 9 heteroatoms. The minimum absolute atomic E-state index is 0.0144. The highest BCUT2D eigenvalue weighted by Gasteiger charge is 2.39. The summed E-state index contributed by atoms with van der Waals surface area (Å²) in [5.41, 5.74) is 5.50. The second kappa shape index (κ2) is 10.2. The van der Waals surface area contributed by atoms with Gasteiger partial charge in [0.05, 0.1) is 32.3 Å². The van der Waals surface area contributed by atoms with E-state index in [1.165, 1.54) is 17.7 Å². The summed E-state index contributed by atoms with van der Waals surface area (Å²) in [6.45, 7) is 2.16. The summed E-state index contributed by atoms with van der Waals surface area (Å²) in [4.78, 5) is 17.9. The molecule has 0 aliphatic carbocycles. The molecule has 1 atom stereocenters. The van der Waals surface area contributed by atoms with Crippen molar-refractivity contribution in [2.45, 2.75) is 25.8 Å². The van der Waals surface area contributed by atoms with Gasteiger partial charge in [-0.15, -0.1) is 0 Å². The second-order valence-electron chi connectivity index (χ2n) is 9.38. The van der Waals surface area contributed by atoms with Gasteiger partial charge in [-0.05, 0) is 47.9 Å². The fraction of sp³-hybridized carbons (Fsp3) is 0.133. The summed E-state index contributed by atoms with van der Waals surface area (Å²) in [5.74, 6) is 1.17. The van der Waals surface area contributed by atoms with Gasteiger partial charge in [-0.25, -0.2) is 9.67 Å². The highest BCUT2D eigenvalue weighted by Crippen LogP contribution is 2.48. The second-order valence-corrected chi connectivity index (χ2v) is 10.2. The summed E-state index contributed by atoms with van der Waals surface area (Å²) in [6, 6.07) is 24.3. The van der Waals surface area contributed by atoms with Crippen LogP contribution in [0.5, 0.6) is 0 Å². The molecule has 0 radical (unpaired) electrons. The number of aliphatic imine (C=N–C) groups is 1. The molecule has 2 aliphatic heterocycles. The van der Waals surface area contributed by atoms with Gasteiger partial charge in [0.15, 0.2) is 11.7 Å². The Morgan fingerprint density at radius 1 is 0.974 bits per heavy atom. The number of rotatable bonds is 6. The number of hydrogen-bond donors (Lipinski definition) is 0. The molecule has 4 aromatic rings. The van der Waals surface area contributed by atoms with Gasteiger partial charge in [0, 0.05) is 23.9 Å². The summed E-state index contributed by atoms with van der Waals surface area (Å²) in [7, 11) is 0. The Bertz CT molecular complexity index is 1660. The van der Waals surface area contributed by atoms with Gasteiger partial charge in [0.1, 0.15) is 5.69 Å². The number of fused-ring (bicyclic) bond motifs is 2. The Balaban J connectivity index is 1.63. The van der Waals surface area contributed by atoms with Crippen LogP contribution < -0.4 is 0 Å². The van der Waals surface area contributed by atoms with Crippen LogP contribution in [0.25, 0.3) is 16.9 Å². The number of halogens is 2. The number of nitro groups is 1. The Morgan fingerprint density at radius 2 is 1.69 bits per heavy atom. The third-order valence-electron chi connectivity index (χ3n) is 6.83. The van der Waals surface area contributed by atoms with E-state index in [0.717, 1.165) is 40.9 Å². The summed E-state index contributed by atoms with van der Waals surface area (Å²) in [6.07, 6.45) is 5.51. The predicted octanol–water partition coefficient (Wildman–Crippen LogP) is 8.05. The van der Waals surface area contributed by atoms with Crippen LogP contribution in [0.1, 0.15) is 36.1 Å². The molecule has 3 aromatic carbocycles. The number of benzene rings is 3. The zero-order chi connectivity index (χ0) is 27.1. The maximum Gasteiger partial charge on any atom is 0.269 e. The van der Waals surface area contributed by atoms with E-state index in [0.29, 0.717) is 21.7 Å². The first kappa shape index (κ1) is 25.1. The van der Waals surface area contributed by atoms with Crippen molar-refractivity contribution in [2.24, 2.45) is 4.99 Å². The fourth-order valence-corrected chi connectivity index (χ4v) is 5.58. The number of aromatic nitrogens is 2. The molecular weight excluding hydrogens is 533 g/mol. The number of para-hydroxylation sites is 1. The summed E-state index contributed by atoms with van der Waals surface area (Å²) < 4.78 is 1.83. The van der Waals surface area contributed by atoms with Crippen LogP contribution >= 0.6 is 23.2 Å². The first-order valence-corrected chi connectivity index (χ1v) is 13.3. The van der Waals surface area contributed by atoms with E-state index < -0.39 is 11.0 Å². The molecule has 0 unspecified atom stereocenters. The molecule has 1 aromatic heterocycles. The van der Waals surface area contributed by atoms with Crippen LogP contribution in [0.15, 0.2) is 106 Å². The normalized spacial score (nSPS) is 16.1. The number of aryl methyl sites for hydroxylation is 1. The van der Waals surface area contributed by atoms with E-state index in [1.54, 1.807) is 24.4 Å². The lowest BCUT2D eigenvalue weighted by molar-refractivity contribution is -0.384. The van der Waals surface area contributed by atoms with Crippen molar-refractivity contribution in [1.29, 1.82) is 0 Å². The van der Waals surface area contributed by atoms with Gasteiger partial charge in [-0.1, -0.05) is 79.0 Å². The van der Waals surface area contributed by atoms with Crippen LogP contribution in [-0.2, 0) is 6.42 Å². The number of nitrogens with zero attached hydrogens (tertiary/aromatic N) is 5. The van der Waals surface area contributed by atoms with Crippen molar-refractivity contribution in [3.8, 4) is 16.9 Å². The third kappa shape index (κ3) is 4.54. The molecule has 0 saturated carbocycles. The Morgan fingerprint density at radius 3 is 2.36 bits per heavy atom. The lowest BCUT2D eigenvalue weighted by Gasteiger charge is -2.37. The van der Waals surface area contributed by atoms with Crippen molar-refractivity contribution in [2.75, 3.05) is 0 Å². The van der Waals surface area contributed by atoms with Crippen LogP contribution in [0.2, 0.25) is 0 Å². The van der Waals surface area contributed by atoms with E-state index in [2.05, 4.69) is 31.2 Å². The summed E-state index contributed by atoms with van der Waals surface area (Å²) in [5, 5.41) is 17.3. The molecule has 194 valence electrons. The first-order valence-electron chi connectivity index (χ1n) is 12.6. The molecule has 6 rings (SSSR count). The SMILES string of the molecule is CCCc1ccc(-c2nn(-c3ccccc3)c3c2[C@H](c2ccc([N+](=O)[O-])cc2)N2C=C(Cl)C=C(Cl)C2=N3)cc1. The molecule has 0 spiro atoms. The van der Waals surface area contributed by atoms with E-state index in [1.807, 2.05) is 39.9 Å².